The molecule has 0 radical (unpaired) electrons. The quantitative estimate of drug-likeness (QED) is 0.723. The summed E-state index contributed by atoms with van der Waals surface area (Å²) < 4.78 is 1.77. The van der Waals surface area contributed by atoms with Crippen molar-refractivity contribution in [2.24, 2.45) is 0 Å². The first-order chi connectivity index (χ1) is 10.9. The van der Waals surface area contributed by atoms with Gasteiger partial charge in [0.25, 0.3) is 0 Å². The van der Waals surface area contributed by atoms with E-state index in [-0.39, 0.29) is 5.69 Å². The number of fused-ring (bicyclic) bond motifs is 1. The molecular formula is C17H17ClN2O2S. The smallest absolute Gasteiger partial charge is 0.354 e. The van der Waals surface area contributed by atoms with Crippen molar-refractivity contribution in [2.45, 2.75) is 33.6 Å². The van der Waals surface area contributed by atoms with Gasteiger partial charge in [0.2, 0.25) is 0 Å². The molecule has 0 unspecified atom stereocenters. The zero-order chi connectivity index (χ0) is 16.7. The number of hydrogen-bond acceptors (Lipinski definition) is 3. The summed E-state index contributed by atoms with van der Waals surface area (Å²) in [6, 6.07) is 5.76. The molecule has 23 heavy (non-hydrogen) atoms. The van der Waals surface area contributed by atoms with Gasteiger partial charge < -0.3 is 5.11 Å². The summed E-state index contributed by atoms with van der Waals surface area (Å²) in [7, 11) is 0. The summed E-state index contributed by atoms with van der Waals surface area (Å²) in [5, 5.41) is 10.4. The third-order valence-electron chi connectivity index (χ3n) is 3.84. The molecule has 0 aliphatic carbocycles. The van der Waals surface area contributed by atoms with Gasteiger partial charge in [0.05, 0.1) is 11.4 Å². The molecule has 4 nitrogen and oxygen atoms in total. The van der Waals surface area contributed by atoms with Crippen LogP contribution in [-0.4, -0.2) is 20.5 Å². The Bertz CT molecular complexity index is 911. The average molecular weight is 349 g/mol. The number of carboxylic acids is 1. The first kappa shape index (κ1) is 16.0. The Hall–Kier alpha value is -1.85. The molecule has 2 heterocycles. The fourth-order valence-corrected chi connectivity index (χ4v) is 3.94. The van der Waals surface area contributed by atoms with Gasteiger partial charge in [-0.25, -0.2) is 9.78 Å². The van der Waals surface area contributed by atoms with Gasteiger partial charge in [-0.1, -0.05) is 31.0 Å². The van der Waals surface area contributed by atoms with Crippen molar-refractivity contribution in [1.29, 1.82) is 0 Å². The maximum absolute atomic E-state index is 11.8. The molecule has 3 aromatic rings. The summed E-state index contributed by atoms with van der Waals surface area (Å²) in [5.41, 5.74) is 3.73. The highest BCUT2D eigenvalue weighted by atomic mass is 35.5. The van der Waals surface area contributed by atoms with E-state index >= 15 is 0 Å². The predicted octanol–water partition coefficient (Wildman–Crippen LogP) is 4.98. The predicted molar refractivity (Wildman–Crippen MR) is 93.9 cm³/mol. The van der Waals surface area contributed by atoms with E-state index in [1.807, 2.05) is 39.0 Å². The van der Waals surface area contributed by atoms with Gasteiger partial charge in [0.1, 0.15) is 0 Å². The van der Waals surface area contributed by atoms with E-state index < -0.39 is 5.97 Å². The normalized spacial score (nSPS) is 11.3. The molecule has 0 bridgehead atoms. The van der Waals surface area contributed by atoms with Gasteiger partial charge >= 0.3 is 5.97 Å². The first-order valence-corrected chi connectivity index (χ1v) is 8.64. The van der Waals surface area contributed by atoms with Gasteiger partial charge in [-0.3, -0.25) is 4.40 Å². The molecule has 0 saturated carbocycles. The molecule has 6 heteroatoms. The maximum atomic E-state index is 11.8. The Labute approximate surface area is 143 Å². The summed E-state index contributed by atoms with van der Waals surface area (Å²) in [6.07, 6.45) is 1.52. The van der Waals surface area contributed by atoms with Gasteiger partial charge in [0, 0.05) is 15.5 Å². The highest BCUT2D eigenvalue weighted by Crippen LogP contribution is 2.35. The number of aryl methyl sites for hydroxylation is 3. The van der Waals surface area contributed by atoms with Crippen LogP contribution < -0.4 is 0 Å². The van der Waals surface area contributed by atoms with Crippen molar-refractivity contribution >= 4 is 33.9 Å². The van der Waals surface area contributed by atoms with Gasteiger partial charge in [-0.05, 0) is 38.0 Å². The second-order valence-electron chi connectivity index (χ2n) is 5.55. The average Bonchev–Trinajstić information content (AvgIpc) is 2.96. The van der Waals surface area contributed by atoms with Crippen LogP contribution in [0.2, 0.25) is 5.02 Å². The summed E-state index contributed by atoms with van der Waals surface area (Å²) >= 11 is 7.63. The zero-order valence-electron chi connectivity index (χ0n) is 13.2. The molecule has 120 valence electrons. The topological polar surface area (TPSA) is 54.6 Å². The number of carbonyl (C=O) groups is 1. The highest BCUT2D eigenvalue weighted by Gasteiger charge is 2.24. The molecule has 0 amide bonds. The molecule has 0 aliphatic rings. The Morgan fingerprint density at radius 2 is 2.13 bits per heavy atom. The molecule has 1 N–H and O–H groups in total. The fourth-order valence-electron chi connectivity index (χ4n) is 2.82. The molecule has 0 saturated heterocycles. The van der Waals surface area contributed by atoms with Crippen LogP contribution in [0, 0.1) is 13.8 Å². The minimum Gasteiger partial charge on any atom is -0.477 e. The number of benzene rings is 1. The van der Waals surface area contributed by atoms with Crippen molar-refractivity contribution in [3.63, 3.8) is 0 Å². The van der Waals surface area contributed by atoms with E-state index in [1.165, 1.54) is 11.3 Å². The molecule has 0 fully saturated rings. The summed E-state index contributed by atoms with van der Waals surface area (Å²) in [4.78, 5) is 18.1. The van der Waals surface area contributed by atoms with Crippen LogP contribution in [-0.2, 0) is 6.42 Å². The Kier molecular flexibility index (Phi) is 4.17. The van der Waals surface area contributed by atoms with E-state index in [1.54, 1.807) is 4.40 Å². The molecule has 2 aromatic heterocycles. The number of aromatic nitrogens is 2. The zero-order valence-corrected chi connectivity index (χ0v) is 14.8. The van der Waals surface area contributed by atoms with Crippen LogP contribution in [0.15, 0.2) is 18.2 Å². The molecule has 0 spiro atoms. The van der Waals surface area contributed by atoms with E-state index in [9.17, 15) is 9.90 Å². The number of rotatable bonds is 4. The van der Waals surface area contributed by atoms with Crippen molar-refractivity contribution in [2.75, 3.05) is 0 Å². The van der Waals surface area contributed by atoms with Crippen LogP contribution in [0.3, 0.4) is 0 Å². The fraction of sp³-hybridized carbons (Fsp3) is 0.294. The number of aromatic carboxylic acids is 1. The Balaban J connectivity index is 2.33. The third kappa shape index (κ3) is 2.64. The Morgan fingerprint density at radius 1 is 1.39 bits per heavy atom. The van der Waals surface area contributed by atoms with Crippen LogP contribution >= 0.6 is 22.9 Å². The number of hydrogen-bond donors (Lipinski definition) is 1. The van der Waals surface area contributed by atoms with Crippen LogP contribution in [0.5, 0.6) is 0 Å². The number of imidazole rings is 1. The minimum atomic E-state index is -0.939. The van der Waals surface area contributed by atoms with Crippen molar-refractivity contribution in [3.05, 3.63) is 45.1 Å². The lowest BCUT2D eigenvalue weighted by Crippen LogP contribution is -2.06. The van der Waals surface area contributed by atoms with Gasteiger partial charge in [0.15, 0.2) is 10.7 Å². The minimum absolute atomic E-state index is 0.272. The van der Waals surface area contributed by atoms with Crippen molar-refractivity contribution in [3.8, 4) is 11.3 Å². The lowest BCUT2D eigenvalue weighted by molar-refractivity contribution is 0.0688. The standard InChI is InChI=1S/C17H17ClN2O2S/c1-4-5-13-15(16(21)22)20-14(10(3)23-17(20)19-13)11-6-7-12(18)9(2)8-11/h6-8H,4-5H2,1-3H3,(H,21,22). The van der Waals surface area contributed by atoms with E-state index in [0.29, 0.717) is 17.1 Å². The number of nitrogens with zero attached hydrogens (tertiary/aromatic N) is 2. The number of carboxylic acid groups (broad SMARTS) is 1. The maximum Gasteiger partial charge on any atom is 0.354 e. The number of thiazole rings is 1. The van der Waals surface area contributed by atoms with Crippen LogP contribution in [0.25, 0.3) is 16.2 Å². The third-order valence-corrected chi connectivity index (χ3v) is 5.22. The van der Waals surface area contributed by atoms with Crippen LogP contribution in [0.4, 0.5) is 0 Å². The van der Waals surface area contributed by atoms with E-state index in [0.717, 1.165) is 33.1 Å². The van der Waals surface area contributed by atoms with Gasteiger partial charge in [-0.2, -0.15) is 0 Å². The molecular weight excluding hydrogens is 332 g/mol. The number of halogens is 1. The van der Waals surface area contributed by atoms with Crippen molar-refractivity contribution in [1.82, 2.24) is 9.38 Å². The van der Waals surface area contributed by atoms with Gasteiger partial charge in [-0.15, -0.1) is 11.3 Å². The Morgan fingerprint density at radius 3 is 2.74 bits per heavy atom. The summed E-state index contributed by atoms with van der Waals surface area (Å²) in [5.74, 6) is -0.939. The monoisotopic (exact) mass is 348 g/mol. The lowest BCUT2D eigenvalue weighted by atomic mass is 10.1. The van der Waals surface area contributed by atoms with E-state index in [4.69, 9.17) is 11.6 Å². The second-order valence-corrected chi connectivity index (χ2v) is 7.14. The largest absolute Gasteiger partial charge is 0.477 e. The van der Waals surface area contributed by atoms with Crippen LogP contribution in [0.1, 0.15) is 40.0 Å². The first-order valence-electron chi connectivity index (χ1n) is 7.44. The summed E-state index contributed by atoms with van der Waals surface area (Å²) in [6.45, 7) is 5.96. The molecule has 0 aliphatic heterocycles. The highest BCUT2D eigenvalue weighted by molar-refractivity contribution is 7.17. The molecule has 0 atom stereocenters. The molecule has 3 rings (SSSR count). The molecule has 1 aromatic carbocycles. The van der Waals surface area contributed by atoms with Crippen molar-refractivity contribution < 1.29 is 9.90 Å². The second kappa shape index (κ2) is 5.98. The van der Waals surface area contributed by atoms with E-state index in [2.05, 4.69) is 4.98 Å². The lowest BCUT2D eigenvalue weighted by Gasteiger charge is -2.07. The SMILES string of the molecule is CCCc1nc2sc(C)c(-c3ccc(Cl)c(C)c3)n2c1C(=O)O.